The van der Waals surface area contributed by atoms with Crippen LogP contribution in [0.2, 0.25) is 5.02 Å². The van der Waals surface area contributed by atoms with E-state index >= 15 is 0 Å². The highest BCUT2D eigenvalue weighted by Gasteiger charge is 2.21. The molecular weight excluding hydrogens is 304 g/mol. The van der Waals surface area contributed by atoms with Gasteiger partial charge in [-0.15, -0.1) is 0 Å². The molecule has 0 spiro atoms. The van der Waals surface area contributed by atoms with Gasteiger partial charge in [0.05, 0.1) is 24.2 Å². The molecule has 1 N–H and O–H groups in total. The number of amides is 1. The van der Waals surface area contributed by atoms with E-state index in [1.165, 1.54) is 0 Å². The minimum absolute atomic E-state index is 0.101. The SMILES string of the molecule is CC(O)CN1CCN(C(=O)CCOc2ccccc2Cl)CC1. The zero-order chi connectivity index (χ0) is 15.9. The summed E-state index contributed by atoms with van der Waals surface area (Å²) in [5.74, 6) is 0.711. The minimum atomic E-state index is -0.328. The highest BCUT2D eigenvalue weighted by atomic mass is 35.5. The van der Waals surface area contributed by atoms with Crippen molar-refractivity contribution in [1.82, 2.24) is 9.80 Å². The number of benzene rings is 1. The van der Waals surface area contributed by atoms with E-state index in [1.54, 1.807) is 19.1 Å². The van der Waals surface area contributed by atoms with Crippen LogP contribution in [0.5, 0.6) is 5.75 Å². The predicted octanol–water partition coefficient (Wildman–Crippen LogP) is 1.63. The fourth-order valence-corrected chi connectivity index (χ4v) is 2.71. The van der Waals surface area contributed by atoms with Crippen molar-refractivity contribution in [3.63, 3.8) is 0 Å². The van der Waals surface area contributed by atoms with Crippen molar-refractivity contribution in [3.8, 4) is 5.75 Å². The molecular formula is C16H23ClN2O3. The normalized spacial score (nSPS) is 17.3. The maximum Gasteiger partial charge on any atom is 0.226 e. The first-order valence-corrected chi connectivity index (χ1v) is 7.99. The molecule has 1 atom stereocenters. The van der Waals surface area contributed by atoms with Gasteiger partial charge in [-0.25, -0.2) is 0 Å². The lowest BCUT2D eigenvalue weighted by molar-refractivity contribution is -0.133. The molecule has 1 saturated heterocycles. The quantitative estimate of drug-likeness (QED) is 0.863. The smallest absolute Gasteiger partial charge is 0.226 e. The van der Waals surface area contributed by atoms with Gasteiger partial charge in [0.25, 0.3) is 0 Å². The van der Waals surface area contributed by atoms with Crippen LogP contribution in [0.15, 0.2) is 24.3 Å². The Hall–Kier alpha value is -1.30. The van der Waals surface area contributed by atoms with Gasteiger partial charge in [0.15, 0.2) is 0 Å². The summed E-state index contributed by atoms with van der Waals surface area (Å²) >= 11 is 6.00. The van der Waals surface area contributed by atoms with Crippen molar-refractivity contribution in [2.45, 2.75) is 19.4 Å². The number of nitrogens with zero attached hydrogens (tertiary/aromatic N) is 2. The van der Waals surface area contributed by atoms with Crippen LogP contribution >= 0.6 is 11.6 Å². The van der Waals surface area contributed by atoms with E-state index in [0.717, 1.165) is 13.1 Å². The number of para-hydroxylation sites is 1. The standard InChI is InChI=1S/C16H23ClN2O3/c1-13(20)12-18-7-9-19(10-8-18)16(21)6-11-22-15-5-3-2-4-14(15)17/h2-5,13,20H,6-12H2,1H3. The Labute approximate surface area is 136 Å². The van der Waals surface area contributed by atoms with Gasteiger partial charge in [0.1, 0.15) is 5.75 Å². The van der Waals surface area contributed by atoms with E-state index in [-0.39, 0.29) is 12.0 Å². The van der Waals surface area contributed by atoms with Crippen LogP contribution in [0.1, 0.15) is 13.3 Å². The van der Waals surface area contributed by atoms with Gasteiger partial charge in [-0.2, -0.15) is 0 Å². The number of hydrogen-bond donors (Lipinski definition) is 1. The average Bonchev–Trinajstić information content (AvgIpc) is 2.49. The molecule has 0 aliphatic carbocycles. The molecule has 0 aromatic heterocycles. The summed E-state index contributed by atoms with van der Waals surface area (Å²) in [6.45, 7) is 5.80. The van der Waals surface area contributed by atoms with E-state index in [9.17, 15) is 9.90 Å². The number of piperazine rings is 1. The van der Waals surface area contributed by atoms with Crippen molar-refractivity contribution in [3.05, 3.63) is 29.3 Å². The number of aliphatic hydroxyl groups excluding tert-OH is 1. The first-order chi connectivity index (χ1) is 10.6. The number of carbonyl (C=O) groups excluding carboxylic acids is 1. The second kappa shape index (κ2) is 8.36. The van der Waals surface area contributed by atoms with Crippen LogP contribution in [0, 0.1) is 0 Å². The van der Waals surface area contributed by atoms with Gasteiger partial charge in [0.2, 0.25) is 5.91 Å². The third-order valence-electron chi connectivity index (χ3n) is 3.66. The largest absolute Gasteiger partial charge is 0.491 e. The van der Waals surface area contributed by atoms with Crippen molar-refractivity contribution in [2.75, 3.05) is 39.3 Å². The Kier molecular flexibility index (Phi) is 6.49. The zero-order valence-corrected chi connectivity index (χ0v) is 13.6. The summed E-state index contributed by atoms with van der Waals surface area (Å²) in [6.07, 6.45) is 0.0213. The van der Waals surface area contributed by atoms with E-state index < -0.39 is 0 Å². The van der Waals surface area contributed by atoms with E-state index in [0.29, 0.717) is 43.4 Å². The molecule has 2 rings (SSSR count). The molecule has 1 amide bonds. The Balaban J connectivity index is 1.69. The van der Waals surface area contributed by atoms with Crippen molar-refractivity contribution in [1.29, 1.82) is 0 Å². The summed E-state index contributed by atoms with van der Waals surface area (Å²) < 4.78 is 5.55. The maximum atomic E-state index is 12.1. The highest BCUT2D eigenvalue weighted by molar-refractivity contribution is 6.32. The van der Waals surface area contributed by atoms with Crippen LogP contribution in [0.25, 0.3) is 0 Å². The molecule has 1 aliphatic heterocycles. The number of hydrogen-bond acceptors (Lipinski definition) is 4. The van der Waals surface area contributed by atoms with Gasteiger partial charge in [-0.1, -0.05) is 23.7 Å². The fraction of sp³-hybridized carbons (Fsp3) is 0.562. The molecule has 1 aliphatic rings. The fourth-order valence-electron chi connectivity index (χ4n) is 2.52. The van der Waals surface area contributed by atoms with Gasteiger partial charge in [-0.3, -0.25) is 9.69 Å². The first kappa shape index (κ1) is 17.1. The molecule has 1 aromatic rings. The number of β-amino-alcohol motifs (C(OH)–C–C–N with tert-alkyl or cyclic N) is 1. The predicted molar refractivity (Wildman–Crippen MR) is 86.3 cm³/mol. The van der Waals surface area contributed by atoms with E-state index in [2.05, 4.69) is 4.90 Å². The van der Waals surface area contributed by atoms with Crippen molar-refractivity contribution < 1.29 is 14.6 Å². The molecule has 1 fully saturated rings. The number of ether oxygens (including phenoxy) is 1. The Bertz CT molecular complexity index is 488. The molecule has 0 saturated carbocycles. The second-order valence-electron chi connectivity index (χ2n) is 5.56. The minimum Gasteiger partial charge on any atom is -0.491 e. The number of rotatable bonds is 6. The zero-order valence-electron chi connectivity index (χ0n) is 12.9. The molecule has 0 radical (unpaired) electrons. The molecule has 6 heteroatoms. The molecule has 1 aromatic carbocycles. The van der Waals surface area contributed by atoms with Crippen LogP contribution < -0.4 is 4.74 Å². The van der Waals surface area contributed by atoms with Crippen LogP contribution in [0.4, 0.5) is 0 Å². The third-order valence-corrected chi connectivity index (χ3v) is 3.97. The maximum absolute atomic E-state index is 12.1. The highest BCUT2D eigenvalue weighted by Crippen LogP contribution is 2.23. The lowest BCUT2D eigenvalue weighted by atomic mass is 10.2. The Morgan fingerprint density at radius 3 is 2.64 bits per heavy atom. The molecule has 0 bridgehead atoms. The van der Waals surface area contributed by atoms with Gasteiger partial charge in [0, 0.05) is 32.7 Å². The second-order valence-corrected chi connectivity index (χ2v) is 5.97. The number of carbonyl (C=O) groups is 1. The van der Waals surface area contributed by atoms with Gasteiger partial charge < -0.3 is 14.7 Å². The van der Waals surface area contributed by atoms with Gasteiger partial charge >= 0.3 is 0 Å². The molecule has 1 unspecified atom stereocenters. The summed E-state index contributed by atoms with van der Waals surface area (Å²) in [6, 6.07) is 7.25. The van der Waals surface area contributed by atoms with Gasteiger partial charge in [-0.05, 0) is 19.1 Å². The van der Waals surface area contributed by atoms with Crippen molar-refractivity contribution in [2.24, 2.45) is 0 Å². The number of aliphatic hydroxyl groups is 1. The third kappa shape index (κ3) is 5.16. The molecule has 22 heavy (non-hydrogen) atoms. The summed E-state index contributed by atoms with van der Waals surface area (Å²) in [4.78, 5) is 16.2. The summed E-state index contributed by atoms with van der Waals surface area (Å²) in [7, 11) is 0. The first-order valence-electron chi connectivity index (χ1n) is 7.62. The van der Waals surface area contributed by atoms with E-state index in [4.69, 9.17) is 16.3 Å². The molecule has 5 nitrogen and oxygen atoms in total. The van der Waals surface area contributed by atoms with Crippen LogP contribution in [-0.2, 0) is 4.79 Å². The van der Waals surface area contributed by atoms with Crippen LogP contribution in [0.3, 0.4) is 0 Å². The topological polar surface area (TPSA) is 53.0 Å². The Morgan fingerprint density at radius 2 is 2.00 bits per heavy atom. The number of halogens is 1. The monoisotopic (exact) mass is 326 g/mol. The summed E-state index contributed by atoms with van der Waals surface area (Å²) in [5, 5.41) is 9.93. The molecule has 122 valence electrons. The van der Waals surface area contributed by atoms with E-state index in [1.807, 2.05) is 17.0 Å². The Morgan fingerprint density at radius 1 is 1.32 bits per heavy atom. The summed E-state index contributed by atoms with van der Waals surface area (Å²) in [5.41, 5.74) is 0. The lowest BCUT2D eigenvalue weighted by Crippen LogP contribution is -2.50. The van der Waals surface area contributed by atoms with Crippen molar-refractivity contribution >= 4 is 17.5 Å². The average molecular weight is 327 g/mol. The van der Waals surface area contributed by atoms with Crippen LogP contribution in [-0.4, -0.2) is 66.2 Å². The molecule has 1 heterocycles. The lowest BCUT2D eigenvalue weighted by Gasteiger charge is -2.35.